The van der Waals surface area contributed by atoms with E-state index in [4.69, 9.17) is 28.9 Å². The molecule has 2 N–H and O–H groups in total. The van der Waals surface area contributed by atoms with Crippen molar-refractivity contribution >= 4 is 29.0 Å². The summed E-state index contributed by atoms with van der Waals surface area (Å²) in [6.07, 6.45) is 1.67. The monoisotopic (exact) mass is 259 g/mol. The molecule has 0 aromatic carbocycles. The van der Waals surface area contributed by atoms with Crippen molar-refractivity contribution in [3.63, 3.8) is 0 Å². The van der Waals surface area contributed by atoms with Crippen LogP contribution in [0.3, 0.4) is 0 Å². The number of rotatable bonds is 2. The average Bonchev–Trinajstić information content (AvgIpc) is 2.63. The van der Waals surface area contributed by atoms with E-state index in [-0.39, 0.29) is 0 Å². The molecule has 2 aromatic heterocycles. The summed E-state index contributed by atoms with van der Waals surface area (Å²) in [6, 6.07) is 0. The Morgan fingerprint density at radius 2 is 2.06 bits per heavy atom. The van der Waals surface area contributed by atoms with Crippen LogP contribution in [0.5, 0.6) is 0 Å². The van der Waals surface area contributed by atoms with Crippen molar-refractivity contribution in [1.82, 2.24) is 19.6 Å². The van der Waals surface area contributed by atoms with Gasteiger partial charge in [-0.25, -0.2) is 0 Å². The van der Waals surface area contributed by atoms with Gasteiger partial charge in [0.1, 0.15) is 10.2 Å². The van der Waals surface area contributed by atoms with Gasteiger partial charge in [0.25, 0.3) is 0 Å². The lowest BCUT2D eigenvalue weighted by atomic mass is 10.3. The number of aromatic nitrogens is 4. The van der Waals surface area contributed by atoms with E-state index in [1.54, 1.807) is 22.6 Å². The molecule has 7 heteroatoms. The van der Waals surface area contributed by atoms with Crippen LogP contribution in [0.25, 0.3) is 0 Å². The van der Waals surface area contributed by atoms with Crippen molar-refractivity contribution in [2.75, 3.05) is 5.73 Å². The lowest BCUT2D eigenvalue weighted by molar-refractivity contribution is 0.687. The topological polar surface area (TPSA) is 61.7 Å². The van der Waals surface area contributed by atoms with Crippen molar-refractivity contribution in [2.24, 2.45) is 7.05 Å². The largest absolute Gasteiger partial charge is 0.381 e. The quantitative estimate of drug-likeness (QED) is 0.896. The van der Waals surface area contributed by atoms with E-state index >= 15 is 0 Å². The van der Waals surface area contributed by atoms with Gasteiger partial charge in [-0.3, -0.25) is 9.36 Å². The second-order valence-electron chi connectivity index (χ2n) is 3.54. The summed E-state index contributed by atoms with van der Waals surface area (Å²) < 4.78 is 3.27. The molecule has 0 saturated carbocycles. The van der Waals surface area contributed by atoms with Crippen LogP contribution >= 0.6 is 23.2 Å². The normalized spacial score (nSPS) is 11.0. The van der Waals surface area contributed by atoms with E-state index in [1.807, 2.05) is 6.92 Å². The Bertz CT molecular complexity index is 509. The summed E-state index contributed by atoms with van der Waals surface area (Å²) >= 11 is 11.9. The second kappa shape index (κ2) is 3.99. The summed E-state index contributed by atoms with van der Waals surface area (Å²) in [5.41, 5.74) is 7.35. The highest BCUT2D eigenvalue weighted by Crippen LogP contribution is 2.21. The third-order valence-electron chi connectivity index (χ3n) is 2.33. The summed E-state index contributed by atoms with van der Waals surface area (Å²) in [5.74, 6) is 0.319. The van der Waals surface area contributed by atoms with Crippen LogP contribution in [0.15, 0.2) is 6.20 Å². The van der Waals surface area contributed by atoms with Crippen molar-refractivity contribution < 1.29 is 0 Å². The molecule has 0 fully saturated rings. The summed E-state index contributed by atoms with van der Waals surface area (Å²) in [6.45, 7) is 2.41. The summed E-state index contributed by atoms with van der Waals surface area (Å²) in [7, 11) is 1.79. The molecular weight excluding hydrogens is 249 g/mol. The minimum Gasteiger partial charge on any atom is -0.381 e. The molecule has 0 aliphatic carbocycles. The molecule has 0 aliphatic rings. The van der Waals surface area contributed by atoms with Gasteiger partial charge >= 0.3 is 0 Å². The average molecular weight is 260 g/mol. The maximum Gasteiger partial charge on any atom is 0.164 e. The molecule has 2 aromatic rings. The maximum absolute atomic E-state index is 6.11. The molecule has 2 rings (SSSR count). The Labute approximate surface area is 103 Å². The number of anilines is 1. The lowest BCUT2D eigenvalue weighted by Crippen LogP contribution is -2.02. The van der Waals surface area contributed by atoms with Gasteiger partial charge < -0.3 is 5.73 Å². The highest BCUT2D eigenvalue weighted by atomic mass is 35.5. The van der Waals surface area contributed by atoms with Crippen LogP contribution in [-0.2, 0) is 13.6 Å². The van der Waals surface area contributed by atoms with E-state index in [2.05, 4.69) is 10.2 Å². The Morgan fingerprint density at radius 1 is 1.38 bits per heavy atom. The first-order valence-corrected chi connectivity index (χ1v) is 5.41. The number of nitrogen functional groups attached to an aromatic ring is 1. The van der Waals surface area contributed by atoms with Gasteiger partial charge in [-0.15, -0.1) is 0 Å². The Kier molecular flexibility index (Phi) is 2.82. The molecule has 0 amide bonds. The number of halogens is 2. The van der Waals surface area contributed by atoms with Crippen LogP contribution in [0.1, 0.15) is 11.3 Å². The predicted molar refractivity (Wildman–Crippen MR) is 63.7 cm³/mol. The van der Waals surface area contributed by atoms with Crippen LogP contribution in [0, 0.1) is 6.92 Å². The molecule has 2 heterocycles. The summed E-state index contributed by atoms with van der Waals surface area (Å²) in [4.78, 5) is 0. The van der Waals surface area contributed by atoms with Crippen molar-refractivity contribution in [1.29, 1.82) is 0 Å². The van der Waals surface area contributed by atoms with Gasteiger partial charge in [0.15, 0.2) is 5.82 Å². The fourth-order valence-corrected chi connectivity index (χ4v) is 1.89. The minimum absolute atomic E-state index is 0.319. The van der Waals surface area contributed by atoms with E-state index in [0.29, 0.717) is 22.5 Å². The number of hydrogen-bond acceptors (Lipinski definition) is 3. The van der Waals surface area contributed by atoms with Gasteiger partial charge in [-0.1, -0.05) is 23.2 Å². The first-order chi connectivity index (χ1) is 7.49. The molecule has 16 heavy (non-hydrogen) atoms. The van der Waals surface area contributed by atoms with Crippen molar-refractivity contribution in [3.8, 4) is 0 Å². The number of hydrogen-bond donors (Lipinski definition) is 1. The zero-order valence-corrected chi connectivity index (χ0v) is 10.4. The fourth-order valence-electron chi connectivity index (χ4n) is 1.51. The molecule has 0 saturated heterocycles. The zero-order valence-electron chi connectivity index (χ0n) is 8.91. The molecular formula is C9H11Cl2N5. The maximum atomic E-state index is 6.11. The Balaban J connectivity index is 2.33. The smallest absolute Gasteiger partial charge is 0.164 e. The third-order valence-corrected chi connectivity index (χ3v) is 3.10. The summed E-state index contributed by atoms with van der Waals surface area (Å²) in [5, 5.41) is 9.32. The molecule has 5 nitrogen and oxygen atoms in total. The van der Waals surface area contributed by atoms with E-state index in [9.17, 15) is 0 Å². The fraction of sp³-hybridized carbons (Fsp3) is 0.333. The number of aryl methyl sites for hydroxylation is 2. The van der Waals surface area contributed by atoms with Crippen LogP contribution in [0.2, 0.25) is 10.2 Å². The number of nitrogens with two attached hydrogens (primary N) is 1. The van der Waals surface area contributed by atoms with Gasteiger partial charge in [0.2, 0.25) is 0 Å². The van der Waals surface area contributed by atoms with E-state index in [1.165, 1.54) is 0 Å². The van der Waals surface area contributed by atoms with Crippen molar-refractivity contribution in [3.05, 3.63) is 27.6 Å². The van der Waals surface area contributed by atoms with Crippen LogP contribution < -0.4 is 5.73 Å². The third kappa shape index (κ3) is 1.88. The highest BCUT2D eigenvalue weighted by Gasteiger charge is 2.13. The van der Waals surface area contributed by atoms with E-state index < -0.39 is 0 Å². The first kappa shape index (κ1) is 11.3. The van der Waals surface area contributed by atoms with Crippen LogP contribution in [-0.4, -0.2) is 19.6 Å². The Morgan fingerprint density at radius 3 is 2.50 bits per heavy atom. The Hall–Kier alpha value is -1.20. The standard InChI is InChI=1S/C9H11Cl2N5/c1-5-6(8(11)15(2)13-5)3-16-4-7(10)9(12)14-16/h4H,3H2,1-2H3,(H2,12,14). The van der Waals surface area contributed by atoms with Gasteiger partial charge in [0.05, 0.1) is 12.2 Å². The molecule has 86 valence electrons. The molecule has 0 spiro atoms. The SMILES string of the molecule is Cc1nn(C)c(Cl)c1Cn1cc(Cl)c(N)n1. The zero-order chi connectivity index (χ0) is 11.9. The van der Waals surface area contributed by atoms with Gasteiger partial charge in [0, 0.05) is 18.8 Å². The number of nitrogens with zero attached hydrogens (tertiary/aromatic N) is 4. The minimum atomic E-state index is 0.319. The van der Waals surface area contributed by atoms with Crippen molar-refractivity contribution in [2.45, 2.75) is 13.5 Å². The lowest BCUT2D eigenvalue weighted by Gasteiger charge is -2.00. The van der Waals surface area contributed by atoms with Gasteiger partial charge in [-0.2, -0.15) is 10.2 Å². The molecule has 0 atom stereocenters. The molecule has 0 unspecified atom stereocenters. The second-order valence-corrected chi connectivity index (χ2v) is 4.30. The van der Waals surface area contributed by atoms with Crippen LogP contribution in [0.4, 0.5) is 5.82 Å². The molecule has 0 aliphatic heterocycles. The van der Waals surface area contributed by atoms with Gasteiger partial charge in [-0.05, 0) is 6.92 Å². The first-order valence-electron chi connectivity index (χ1n) is 4.65. The highest BCUT2D eigenvalue weighted by molar-refractivity contribution is 6.32. The predicted octanol–water partition coefficient (Wildman–Crippen LogP) is 1.86. The van der Waals surface area contributed by atoms with E-state index in [0.717, 1.165) is 11.3 Å². The molecule has 0 bridgehead atoms. The molecule has 0 radical (unpaired) electrons.